The molecule has 1 aromatic carbocycles. The van der Waals surface area contributed by atoms with Gasteiger partial charge in [0.15, 0.2) is 0 Å². The molecule has 1 aromatic rings. The van der Waals surface area contributed by atoms with E-state index in [1.165, 1.54) is 19.2 Å². The molecule has 1 heterocycles. The minimum atomic E-state index is -2.22. The molecule has 5 atom stereocenters. The lowest BCUT2D eigenvalue weighted by Crippen LogP contribution is -2.63. The first-order valence-corrected chi connectivity index (χ1v) is 6.13. The van der Waals surface area contributed by atoms with E-state index in [1.54, 1.807) is 12.1 Å². The summed E-state index contributed by atoms with van der Waals surface area (Å²) in [5.74, 6) is -1.68. The molecular formula is C13H18O7. The van der Waals surface area contributed by atoms with E-state index in [0.29, 0.717) is 5.75 Å². The van der Waals surface area contributed by atoms with Gasteiger partial charge in [0.2, 0.25) is 5.79 Å². The van der Waals surface area contributed by atoms with Crippen molar-refractivity contribution in [3.63, 3.8) is 0 Å². The molecule has 7 nitrogen and oxygen atoms in total. The molecule has 0 amide bonds. The molecule has 0 bridgehead atoms. The van der Waals surface area contributed by atoms with Crippen LogP contribution >= 0.6 is 0 Å². The van der Waals surface area contributed by atoms with Crippen LogP contribution in [0.5, 0.6) is 5.75 Å². The third-order valence-corrected chi connectivity index (χ3v) is 3.47. The van der Waals surface area contributed by atoms with Crippen molar-refractivity contribution in [3.05, 3.63) is 29.8 Å². The van der Waals surface area contributed by atoms with Crippen molar-refractivity contribution < 1.29 is 35.0 Å². The van der Waals surface area contributed by atoms with Crippen LogP contribution in [0, 0.1) is 0 Å². The minimum Gasteiger partial charge on any atom is -0.497 e. The van der Waals surface area contributed by atoms with Gasteiger partial charge in [-0.2, -0.15) is 0 Å². The Morgan fingerprint density at radius 3 is 2.25 bits per heavy atom. The first-order valence-electron chi connectivity index (χ1n) is 6.13. The summed E-state index contributed by atoms with van der Waals surface area (Å²) in [6.07, 6.45) is -6.10. The summed E-state index contributed by atoms with van der Waals surface area (Å²) in [5, 5.41) is 49.0. The van der Waals surface area contributed by atoms with E-state index < -0.39 is 36.8 Å². The van der Waals surface area contributed by atoms with Gasteiger partial charge in [-0.1, -0.05) is 0 Å². The maximum Gasteiger partial charge on any atom is 0.222 e. The summed E-state index contributed by atoms with van der Waals surface area (Å²) in [7, 11) is 1.48. The van der Waals surface area contributed by atoms with Crippen LogP contribution in [0.3, 0.4) is 0 Å². The average molecular weight is 286 g/mol. The second kappa shape index (κ2) is 5.65. The van der Waals surface area contributed by atoms with Crippen LogP contribution in [0.15, 0.2) is 24.3 Å². The second-order valence-corrected chi connectivity index (χ2v) is 4.69. The van der Waals surface area contributed by atoms with Gasteiger partial charge in [0.05, 0.1) is 13.7 Å². The lowest BCUT2D eigenvalue weighted by molar-refractivity contribution is -0.357. The number of aliphatic hydroxyl groups is 5. The van der Waals surface area contributed by atoms with Crippen LogP contribution in [0.1, 0.15) is 5.56 Å². The van der Waals surface area contributed by atoms with Gasteiger partial charge >= 0.3 is 0 Å². The van der Waals surface area contributed by atoms with Gasteiger partial charge in [-0.15, -0.1) is 0 Å². The van der Waals surface area contributed by atoms with Crippen LogP contribution in [-0.2, 0) is 10.5 Å². The van der Waals surface area contributed by atoms with Gasteiger partial charge in [-0.25, -0.2) is 0 Å². The maximum atomic E-state index is 10.5. The molecule has 2 rings (SSSR count). The molecular weight excluding hydrogens is 268 g/mol. The number of benzene rings is 1. The van der Waals surface area contributed by atoms with Gasteiger partial charge in [-0.3, -0.25) is 0 Å². The molecule has 1 saturated heterocycles. The van der Waals surface area contributed by atoms with Crippen molar-refractivity contribution >= 4 is 0 Å². The Labute approximate surface area is 115 Å². The van der Waals surface area contributed by atoms with Gasteiger partial charge in [0, 0.05) is 5.56 Å². The first kappa shape index (κ1) is 15.2. The Hall–Kier alpha value is -1.22. The third-order valence-electron chi connectivity index (χ3n) is 3.47. The highest BCUT2D eigenvalue weighted by atomic mass is 16.7. The summed E-state index contributed by atoms with van der Waals surface area (Å²) in [6, 6.07) is 6.02. The van der Waals surface area contributed by atoms with Crippen molar-refractivity contribution in [2.75, 3.05) is 13.7 Å². The van der Waals surface area contributed by atoms with Crippen LogP contribution < -0.4 is 4.74 Å². The number of hydrogen-bond acceptors (Lipinski definition) is 7. The number of methoxy groups -OCH3 is 1. The molecule has 20 heavy (non-hydrogen) atoms. The SMILES string of the molecule is COc1ccc([C@@]2(O)O[C@H](CO)[C@@H](O)[C@H](O)[C@H]2O)cc1. The largest absolute Gasteiger partial charge is 0.497 e. The molecule has 1 aliphatic heterocycles. The lowest BCUT2D eigenvalue weighted by Gasteiger charge is -2.45. The highest BCUT2D eigenvalue weighted by molar-refractivity contribution is 5.31. The van der Waals surface area contributed by atoms with Gasteiger partial charge in [-0.05, 0) is 24.3 Å². The molecule has 112 valence electrons. The number of ether oxygens (including phenoxy) is 2. The summed E-state index contributed by atoms with van der Waals surface area (Å²) in [5.41, 5.74) is 0.176. The second-order valence-electron chi connectivity index (χ2n) is 4.69. The highest BCUT2D eigenvalue weighted by Crippen LogP contribution is 2.36. The minimum absolute atomic E-state index is 0.176. The molecule has 1 aliphatic rings. The first-order chi connectivity index (χ1) is 9.43. The van der Waals surface area contributed by atoms with E-state index in [-0.39, 0.29) is 5.56 Å². The van der Waals surface area contributed by atoms with Crippen LogP contribution in [0.25, 0.3) is 0 Å². The third kappa shape index (κ3) is 2.39. The Balaban J connectivity index is 2.35. The Morgan fingerprint density at radius 2 is 1.75 bits per heavy atom. The molecule has 1 fully saturated rings. The summed E-state index contributed by atoms with van der Waals surface area (Å²) in [6.45, 7) is -0.608. The quantitative estimate of drug-likeness (QED) is 0.450. The van der Waals surface area contributed by atoms with Gasteiger partial charge in [0.25, 0.3) is 0 Å². The zero-order valence-corrected chi connectivity index (χ0v) is 10.9. The van der Waals surface area contributed by atoms with Crippen LogP contribution in [-0.4, -0.2) is 63.7 Å². The van der Waals surface area contributed by atoms with E-state index >= 15 is 0 Å². The van der Waals surface area contributed by atoms with E-state index in [0.717, 1.165) is 0 Å². The monoisotopic (exact) mass is 286 g/mol. The van der Waals surface area contributed by atoms with Crippen LogP contribution in [0.4, 0.5) is 0 Å². The smallest absolute Gasteiger partial charge is 0.222 e. The van der Waals surface area contributed by atoms with Gasteiger partial charge < -0.3 is 35.0 Å². The fourth-order valence-electron chi connectivity index (χ4n) is 2.22. The van der Waals surface area contributed by atoms with E-state index in [9.17, 15) is 20.4 Å². The number of hydrogen-bond donors (Lipinski definition) is 5. The van der Waals surface area contributed by atoms with Crippen molar-refractivity contribution in [2.45, 2.75) is 30.2 Å². The predicted octanol–water partition coefficient (Wildman–Crippen LogP) is -1.69. The Kier molecular flexibility index (Phi) is 4.28. The number of aliphatic hydroxyl groups excluding tert-OH is 4. The lowest BCUT2D eigenvalue weighted by atomic mass is 9.88. The van der Waals surface area contributed by atoms with Crippen molar-refractivity contribution in [2.24, 2.45) is 0 Å². The summed E-state index contributed by atoms with van der Waals surface area (Å²) >= 11 is 0. The Morgan fingerprint density at radius 1 is 1.15 bits per heavy atom. The highest BCUT2D eigenvalue weighted by Gasteiger charge is 2.53. The topological polar surface area (TPSA) is 120 Å². The summed E-state index contributed by atoms with van der Waals surface area (Å²) in [4.78, 5) is 0. The van der Waals surface area contributed by atoms with E-state index in [1.807, 2.05) is 0 Å². The summed E-state index contributed by atoms with van der Waals surface area (Å²) < 4.78 is 10.2. The fraction of sp³-hybridized carbons (Fsp3) is 0.538. The van der Waals surface area contributed by atoms with Crippen LogP contribution in [0.2, 0.25) is 0 Å². The molecule has 0 spiro atoms. The predicted molar refractivity (Wildman–Crippen MR) is 66.9 cm³/mol. The molecule has 0 unspecified atom stereocenters. The van der Waals surface area contributed by atoms with E-state index in [4.69, 9.17) is 14.6 Å². The van der Waals surface area contributed by atoms with Crippen molar-refractivity contribution in [3.8, 4) is 5.75 Å². The van der Waals surface area contributed by atoms with E-state index in [2.05, 4.69) is 0 Å². The van der Waals surface area contributed by atoms with Crippen molar-refractivity contribution in [1.29, 1.82) is 0 Å². The number of rotatable bonds is 3. The Bertz CT molecular complexity index is 447. The molecule has 7 heteroatoms. The normalized spacial score (nSPS) is 37.7. The molecule has 0 saturated carbocycles. The standard InChI is InChI=1S/C13H18O7/c1-19-8-4-2-7(3-5-8)13(18)12(17)11(16)10(15)9(6-14)20-13/h2-5,9-12,14-18H,6H2,1H3/t9-,10-,11+,12-,13-/m1/s1. The fourth-order valence-corrected chi connectivity index (χ4v) is 2.22. The zero-order valence-electron chi connectivity index (χ0n) is 10.9. The molecule has 0 radical (unpaired) electrons. The van der Waals surface area contributed by atoms with Crippen molar-refractivity contribution in [1.82, 2.24) is 0 Å². The maximum absolute atomic E-state index is 10.5. The molecule has 5 N–H and O–H groups in total. The zero-order chi connectivity index (χ0) is 14.9. The molecule has 0 aromatic heterocycles. The van der Waals surface area contributed by atoms with Gasteiger partial charge in [0.1, 0.15) is 30.2 Å². The average Bonchev–Trinajstić information content (AvgIpc) is 2.49. The molecule has 0 aliphatic carbocycles.